The van der Waals surface area contributed by atoms with Crippen LogP contribution in [-0.2, 0) is 0 Å². The van der Waals surface area contributed by atoms with Crippen LogP contribution >= 0.6 is 0 Å². The van der Waals surface area contributed by atoms with Crippen LogP contribution in [0.15, 0.2) is 42.5 Å². The van der Waals surface area contributed by atoms with Gasteiger partial charge in [-0.2, -0.15) is 0 Å². The minimum absolute atomic E-state index is 0.0803. The van der Waals surface area contributed by atoms with Crippen LogP contribution in [0.2, 0.25) is 0 Å². The normalized spacial score (nSPS) is 10.2. The molecule has 0 aliphatic carbocycles. The van der Waals surface area contributed by atoms with Crippen molar-refractivity contribution in [2.45, 2.75) is 0 Å². The van der Waals surface area contributed by atoms with Crippen LogP contribution in [0.1, 0.15) is 10.4 Å². The summed E-state index contributed by atoms with van der Waals surface area (Å²) in [4.78, 5) is 10.8. The van der Waals surface area contributed by atoms with Gasteiger partial charge in [0.2, 0.25) is 0 Å². The molecule has 3 nitrogen and oxygen atoms in total. The van der Waals surface area contributed by atoms with Crippen LogP contribution in [0.4, 0.5) is 4.39 Å². The van der Waals surface area contributed by atoms with Crippen molar-refractivity contribution >= 4 is 5.97 Å². The fourth-order valence-corrected chi connectivity index (χ4v) is 1.59. The molecule has 0 aliphatic heterocycles. The molecule has 0 spiro atoms. The fraction of sp³-hybridized carbons (Fsp3) is 0. The molecule has 2 rings (SSSR count). The highest BCUT2D eigenvalue weighted by molar-refractivity contribution is 5.90. The third-order valence-electron chi connectivity index (χ3n) is 2.35. The quantitative estimate of drug-likeness (QED) is 0.836. The zero-order valence-electron chi connectivity index (χ0n) is 8.72. The average Bonchev–Trinajstić information content (AvgIpc) is 2.28. The maximum atomic E-state index is 13.5. The van der Waals surface area contributed by atoms with Gasteiger partial charge in [-0.25, -0.2) is 9.18 Å². The third-order valence-corrected chi connectivity index (χ3v) is 2.35. The van der Waals surface area contributed by atoms with Crippen molar-refractivity contribution in [3.05, 3.63) is 53.8 Å². The van der Waals surface area contributed by atoms with E-state index in [2.05, 4.69) is 0 Å². The molecule has 0 heterocycles. The number of aromatic carboxylic acids is 1. The van der Waals surface area contributed by atoms with Crippen molar-refractivity contribution in [2.75, 3.05) is 0 Å². The van der Waals surface area contributed by atoms with Crippen molar-refractivity contribution in [3.63, 3.8) is 0 Å². The molecule has 0 fully saturated rings. The molecule has 0 amide bonds. The number of carbonyl (C=O) groups is 1. The van der Waals surface area contributed by atoms with Crippen molar-refractivity contribution < 1.29 is 19.4 Å². The Morgan fingerprint density at radius 1 is 1.12 bits per heavy atom. The molecule has 0 bridgehead atoms. The summed E-state index contributed by atoms with van der Waals surface area (Å²) in [6.45, 7) is 0. The molecule has 2 N–H and O–H groups in total. The first-order valence-electron chi connectivity index (χ1n) is 4.90. The van der Waals surface area contributed by atoms with Gasteiger partial charge in [-0.1, -0.05) is 18.2 Å². The van der Waals surface area contributed by atoms with E-state index in [0.717, 1.165) is 6.07 Å². The molecule has 0 unspecified atom stereocenters. The van der Waals surface area contributed by atoms with Crippen LogP contribution in [0.25, 0.3) is 11.1 Å². The molecule has 0 radical (unpaired) electrons. The molecule has 0 aromatic heterocycles. The molecule has 4 heteroatoms. The molecule has 17 heavy (non-hydrogen) atoms. The Balaban J connectivity index is 2.60. The van der Waals surface area contributed by atoms with E-state index >= 15 is 0 Å². The Morgan fingerprint density at radius 3 is 2.47 bits per heavy atom. The predicted octanol–water partition coefficient (Wildman–Crippen LogP) is 2.90. The Labute approximate surface area is 96.8 Å². The van der Waals surface area contributed by atoms with Crippen molar-refractivity contribution in [1.29, 1.82) is 0 Å². The third kappa shape index (κ3) is 2.25. The summed E-state index contributed by atoms with van der Waals surface area (Å²) < 4.78 is 13.5. The molecular weight excluding hydrogens is 223 g/mol. The lowest BCUT2D eigenvalue weighted by atomic mass is 10.0. The van der Waals surface area contributed by atoms with Crippen molar-refractivity contribution in [1.82, 2.24) is 0 Å². The van der Waals surface area contributed by atoms with Gasteiger partial charge in [0.25, 0.3) is 0 Å². The first-order valence-corrected chi connectivity index (χ1v) is 4.90. The molecule has 0 saturated heterocycles. The zero-order valence-corrected chi connectivity index (χ0v) is 8.72. The van der Waals surface area contributed by atoms with E-state index in [4.69, 9.17) is 5.11 Å². The highest BCUT2D eigenvalue weighted by atomic mass is 19.1. The summed E-state index contributed by atoms with van der Waals surface area (Å²) >= 11 is 0. The number of phenols is 1. The lowest BCUT2D eigenvalue weighted by Gasteiger charge is -2.05. The van der Waals surface area contributed by atoms with Gasteiger partial charge < -0.3 is 10.2 Å². The summed E-state index contributed by atoms with van der Waals surface area (Å²) in [5.74, 6) is -1.84. The van der Waals surface area contributed by atoms with Crippen LogP contribution < -0.4 is 0 Å². The highest BCUT2D eigenvalue weighted by Crippen LogP contribution is 2.27. The maximum absolute atomic E-state index is 13.5. The molecule has 0 aliphatic rings. The molecule has 0 atom stereocenters. The summed E-state index contributed by atoms with van der Waals surface area (Å²) in [6, 6.07) is 9.75. The molecular formula is C13H9FO3. The van der Waals surface area contributed by atoms with Crippen LogP contribution in [-0.4, -0.2) is 16.2 Å². The monoisotopic (exact) mass is 232 g/mol. The SMILES string of the molecule is O=C(O)c1cc(O)cc(-c2ccccc2F)c1. The van der Waals surface area contributed by atoms with E-state index in [-0.39, 0.29) is 16.9 Å². The van der Waals surface area contributed by atoms with E-state index in [9.17, 15) is 14.3 Å². The number of hydrogen-bond donors (Lipinski definition) is 2. The number of carboxylic acid groups (broad SMARTS) is 1. The number of halogens is 1. The van der Waals surface area contributed by atoms with Gasteiger partial charge in [-0.05, 0) is 29.8 Å². The average molecular weight is 232 g/mol. The lowest BCUT2D eigenvalue weighted by molar-refractivity contribution is 0.0696. The van der Waals surface area contributed by atoms with Gasteiger partial charge >= 0.3 is 5.97 Å². The summed E-state index contributed by atoms with van der Waals surface area (Å²) in [5, 5.41) is 18.3. The van der Waals surface area contributed by atoms with Crippen LogP contribution in [0.5, 0.6) is 5.75 Å². The van der Waals surface area contributed by atoms with Gasteiger partial charge in [-0.3, -0.25) is 0 Å². The topological polar surface area (TPSA) is 57.5 Å². The first kappa shape index (κ1) is 11.1. The van der Waals surface area contributed by atoms with Gasteiger partial charge in [0.05, 0.1) is 5.56 Å². The number of hydrogen-bond acceptors (Lipinski definition) is 2. The van der Waals surface area contributed by atoms with E-state index in [1.807, 2.05) is 0 Å². The minimum atomic E-state index is -1.17. The Bertz CT molecular complexity index is 579. The zero-order chi connectivity index (χ0) is 12.4. The van der Waals surface area contributed by atoms with E-state index < -0.39 is 11.8 Å². The number of carboxylic acids is 1. The van der Waals surface area contributed by atoms with Crippen LogP contribution in [0, 0.1) is 5.82 Å². The first-order chi connectivity index (χ1) is 8.08. The number of phenolic OH excluding ortho intramolecular Hbond substituents is 1. The van der Waals surface area contributed by atoms with Gasteiger partial charge in [-0.15, -0.1) is 0 Å². The van der Waals surface area contributed by atoms with Crippen LogP contribution in [0.3, 0.4) is 0 Å². The van der Waals surface area contributed by atoms with E-state index in [0.29, 0.717) is 5.56 Å². The van der Waals surface area contributed by atoms with E-state index in [1.165, 1.54) is 24.3 Å². The number of benzene rings is 2. The van der Waals surface area contributed by atoms with Gasteiger partial charge in [0.1, 0.15) is 11.6 Å². The molecule has 2 aromatic carbocycles. The second-order valence-electron chi connectivity index (χ2n) is 3.55. The minimum Gasteiger partial charge on any atom is -0.508 e. The standard InChI is InChI=1S/C13H9FO3/c14-12-4-2-1-3-11(12)8-5-9(13(16)17)7-10(15)6-8/h1-7,15H,(H,16,17). The van der Waals surface area contributed by atoms with Crippen molar-refractivity contribution in [3.8, 4) is 16.9 Å². The lowest BCUT2D eigenvalue weighted by Crippen LogP contribution is -1.96. The summed E-state index contributed by atoms with van der Waals surface area (Å²) in [6.07, 6.45) is 0. The van der Waals surface area contributed by atoms with Gasteiger partial charge in [0.15, 0.2) is 0 Å². The molecule has 2 aromatic rings. The van der Waals surface area contributed by atoms with Crippen molar-refractivity contribution in [2.24, 2.45) is 0 Å². The summed E-state index contributed by atoms with van der Waals surface area (Å²) in [7, 11) is 0. The number of aromatic hydroxyl groups is 1. The summed E-state index contributed by atoms with van der Waals surface area (Å²) in [5.41, 5.74) is 0.509. The molecule has 86 valence electrons. The molecule has 0 saturated carbocycles. The second-order valence-corrected chi connectivity index (χ2v) is 3.55. The second kappa shape index (κ2) is 4.25. The van der Waals surface area contributed by atoms with Gasteiger partial charge in [0, 0.05) is 5.56 Å². The Morgan fingerprint density at radius 2 is 1.82 bits per heavy atom. The fourth-order valence-electron chi connectivity index (χ4n) is 1.59. The number of rotatable bonds is 2. The smallest absolute Gasteiger partial charge is 0.335 e. The predicted molar refractivity (Wildman–Crippen MR) is 60.5 cm³/mol. The highest BCUT2D eigenvalue weighted by Gasteiger charge is 2.10. The Kier molecular flexibility index (Phi) is 2.78. The van der Waals surface area contributed by atoms with E-state index in [1.54, 1.807) is 12.1 Å². The Hall–Kier alpha value is -2.36. The largest absolute Gasteiger partial charge is 0.508 e. The maximum Gasteiger partial charge on any atom is 0.335 e.